The number of aliphatic hydroxyl groups is 1. The topological polar surface area (TPSA) is 57.5 Å². The molecule has 1 aromatic heterocycles. The van der Waals surface area contributed by atoms with Gasteiger partial charge in [-0.2, -0.15) is 0 Å². The van der Waals surface area contributed by atoms with Crippen molar-refractivity contribution in [2.24, 2.45) is 5.92 Å². The van der Waals surface area contributed by atoms with Gasteiger partial charge in [-0.05, 0) is 36.6 Å². The fourth-order valence-corrected chi connectivity index (χ4v) is 3.44. The van der Waals surface area contributed by atoms with Crippen molar-refractivity contribution >= 4 is 17.3 Å². The summed E-state index contributed by atoms with van der Waals surface area (Å²) in [4.78, 5) is 11.6. The number of carbonyl (C=O) groups is 1. The molecule has 3 nitrogen and oxygen atoms in total. The summed E-state index contributed by atoms with van der Waals surface area (Å²) in [6, 6.07) is 1.57. The third kappa shape index (κ3) is 1.58. The minimum Gasteiger partial charge on any atom is -0.478 e. The molecule has 2 N–H and O–H groups in total. The SMILES string of the molecule is CC1CCCC1(O)c1sccc1C(=O)O. The number of aromatic carboxylic acids is 1. The molecule has 0 spiro atoms. The molecule has 0 aromatic carbocycles. The molecule has 15 heavy (non-hydrogen) atoms. The molecular formula is C11H14O3S. The van der Waals surface area contributed by atoms with Crippen LogP contribution in [0.1, 0.15) is 41.4 Å². The van der Waals surface area contributed by atoms with Crippen LogP contribution in [-0.2, 0) is 5.60 Å². The van der Waals surface area contributed by atoms with Crippen molar-refractivity contribution in [3.63, 3.8) is 0 Å². The van der Waals surface area contributed by atoms with Gasteiger partial charge in [-0.25, -0.2) is 4.79 Å². The average Bonchev–Trinajstić information content (AvgIpc) is 2.75. The van der Waals surface area contributed by atoms with E-state index in [1.165, 1.54) is 11.3 Å². The van der Waals surface area contributed by atoms with Gasteiger partial charge >= 0.3 is 5.97 Å². The molecule has 0 amide bonds. The molecule has 0 bridgehead atoms. The number of rotatable bonds is 2. The van der Waals surface area contributed by atoms with E-state index in [1.54, 1.807) is 11.4 Å². The van der Waals surface area contributed by atoms with Crippen LogP contribution in [0.2, 0.25) is 0 Å². The largest absolute Gasteiger partial charge is 0.478 e. The van der Waals surface area contributed by atoms with E-state index < -0.39 is 11.6 Å². The second kappa shape index (κ2) is 3.61. The molecule has 1 heterocycles. The van der Waals surface area contributed by atoms with Crippen LogP contribution >= 0.6 is 11.3 Å². The molecule has 0 radical (unpaired) electrons. The number of hydrogen-bond donors (Lipinski definition) is 2. The van der Waals surface area contributed by atoms with Gasteiger partial charge in [0.1, 0.15) is 5.60 Å². The van der Waals surface area contributed by atoms with Crippen LogP contribution in [-0.4, -0.2) is 16.2 Å². The lowest BCUT2D eigenvalue weighted by atomic mass is 9.89. The first-order valence-corrected chi connectivity index (χ1v) is 5.97. The molecule has 82 valence electrons. The monoisotopic (exact) mass is 226 g/mol. The Morgan fingerprint density at radius 2 is 2.40 bits per heavy atom. The van der Waals surface area contributed by atoms with Crippen LogP contribution in [0.4, 0.5) is 0 Å². The van der Waals surface area contributed by atoms with E-state index in [0.717, 1.165) is 12.8 Å². The summed E-state index contributed by atoms with van der Waals surface area (Å²) in [6.07, 6.45) is 2.61. The summed E-state index contributed by atoms with van der Waals surface area (Å²) in [5, 5.41) is 21.2. The zero-order valence-electron chi connectivity index (χ0n) is 8.56. The molecule has 1 aliphatic rings. The van der Waals surface area contributed by atoms with Crippen LogP contribution in [0.15, 0.2) is 11.4 Å². The predicted molar refractivity (Wildman–Crippen MR) is 58.2 cm³/mol. The van der Waals surface area contributed by atoms with Crippen LogP contribution in [0, 0.1) is 5.92 Å². The standard InChI is InChI=1S/C11H14O3S/c1-7-3-2-5-11(7,14)9-8(10(12)13)4-6-15-9/h4,6-7,14H,2-3,5H2,1H3,(H,12,13). The van der Waals surface area contributed by atoms with Crippen molar-refractivity contribution in [3.8, 4) is 0 Å². The first-order valence-electron chi connectivity index (χ1n) is 5.09. The highest BCUT2D eigenvalue weighted by molar-refractivity contribution is 7.10. The predicted octanol–water partition coefficient (Wildman–Crippen LogP) is 2.45. The highest BCUT2D eigenvalue weighted by atomic mass is 32.1. The fourth-order valence-electron chi connectivity index (χ4n) is 2.31. The second-order valence-electron chi connectivity index (χ2n) is 4.19. The molecule has 1 saturated carbocycles. The van der Waals surface area contributed by atoms with Crippen molar-refractivity contribution in [2.75, 3.05) is 0 Å². The Bertz CT molecular complexity index is 385. The summed E-state index contributed by atoms with van der Waals surface area (Å²) in [7, 11) is 0. The second-order valence-corrected chi connectivity index (χ2v) is 5.10. The highest BCUT2D eigenvalue weighted by Crippen LogP contribution is 2.46. The molecule has 0 saturated heterocycles. The Morgan fingerprint density at radius 1 is 1.67 bits per heavy atom. The van der Waals surface area contributed by atoms with Gasteiger partial charge in [-0.15, -0.1) is 11.3 Å². The summed E-state index contributed by atoms with van der Waals surface area (Å²) < 4.78 is 0. The Balaban J connectivity index is 2.44. The minimum atomic E-state index is -0.946. The summed E-state index contributed by atoms with van der Waals surface area (Å²) in [5.74, 6) is -0.798. The Morgan fingerprint density at radius 3 is 2.93 bits per heavy atom. The van der Waals surface area contributed by atoms with Gasteiger partial charge in [-0.3, -0.25) is 0 Å². The number of carboxylic acids is 1. The zero-order valence-corrected chi connectivity index (χ0v) is 9.38. The molecule has 2 unspecified atom stereocenters. The minimum absolute atomic E-state index is 0.147. The van der Waals surface area contributed by atoms with Gasteiger partial charge < -0.3 is 10.2 Å². The molecule has 1 aromatic rings. The van der Waals surface area contributed by atoms with Crippen molar-refractivity contribution in [2.45, 2.75) is 31.8 Å². The van der Waals surface area contributed by atoms with Crippen molar-refractivity contribution in [3.05, 3.63) is 21.9 Å². The van der Waals surface area contributed by atoms with Crippen LogP contribution in [0.5, 0.6) is 0 Å². The Hall–Kier alpha value is -0.870. The molecular weight excluding hydrogens is 212 g/mol. The van der Waals surface area contributed by atoms with E-state index in [0.29, 0.717) is 11.3 Å². The summed E-state index contributed by atoms with van der Waals surface area (Å²) in [5.41, 5.74) is -0.654. The first-order chi connectivity index (χ1) is 7.05. The van der Waals surface area contributed by atoms with E-state index in [9.17, 15) is 9.90 Å². The van der Waals surface area contributed by atoms with Gasteiger partial charge in [0.25, 0.3) is 0 Å². The third-order valence-corrected chi connectivity index (χ3v) is 4.38. The van der Waals surface area contributed by atoms with Crippen LogP contribution < -0.4 is 0 Å². The maximum absolute atomic E-state index is 11.0. The quantitative estimate of drug-likeness (QED) is 0.814. The highest BCUT2D eigenvalue weighted by Gasteiger charge is 2.42. The molecule has 2 rings (SSSR count). The molecule has 1 aliphatic carbocycles. The molecule has 2 atom stereocenters. The molecule has 1 fully saturated rings. The third-order valence-electron chi connectivity index (χ3n) is 3.30. The number of thiophene rings is 1. The summed E-state index contributed by atoms with van der Waals surface area (Å²) >= 11 is 1.35. The molecule has 4 heteroatoms. The van der Waals surface area contributed by atoms with E-state index in [4.69, 9.17) is 5.11 Å². The zero-order chi connectivity index (χ0) is 11.1. The van der Waals surface area contributed by atoms with Gasteiger partial charge in [-0.1, -0.05) is 6.92 Å². The van der Waals surface area contributed by atoms with E-state index in [2.05, 4.69) is 0 Å². The number of carboxylic acid groups (broad SMARTS) is 1. The number of hydrogen-bond acceptors (Lipinski definition) is 3. The summed E-state index contributed by atoms with van der Waals surface area (Å²) in [6.45, 7) is 1.98. The Kier molecular flexibility index (Phi) is 2.56. The lowest BCUT2D eigenvalue weighted by Crippen LogP contribution is -2.29. The Labute approximate surface area is 92.4 Å². The average molecular weight is 226 g/mol. The van der Waals surface area contributed by atoms with Gasteiger partial charge in [0.05, 0.1) is 10.4 Å². The van der Waals surface area contributed by atoms with Crippen LogP contribution in [0.25, 0.3) is 0 Å². The van der Waals surface area contributed by atoms with E-state index >= 15 is 0 Å². The fraction of sp³-hybridized carbons (Fsp3) is 0.545. The molecule has 0 aliphatic heterocycles. The van der Waals surface area contributed by atoms with Gasteiger partial charge in [0, 0.05) is 0 Å². The maximum Gasteiger partial charge on any atom is 0.336 e. The van der Waals surface area contributed by atoms with Gasteiger partial charge in [0.2, 0.25) is 0 Å². The van der Waals surface area contributed by atoms with Crippen molar-refractivity contribution < 1.29 is 15.0 Å². The first kappa shape index (κ1) is 10.6. The van der Waals surface area contributed by atoms with E-state index in [-0.39, 0.29) is 11.5 Å². The lowest BCUT2D eigenvalue weighted by molar-refractivity contribution is 0.00666. The van der Waals surface area contributed by atoms with Gasteiger partial charge in [0.15, 0.2) is 0 Å². The normalized spacial score (nSPS) is 30.7. The van der Waals surface area contributed by atoms with E-state index in [1.807, 2.05) is 6.92 Å². The smallest absolute Gasteiger partial charge is 0.336 e. The van der Waals surface area contributed by atoms with Crippen molar-refractivity contribution in [1.29, 1.82) is 0 Å². The maximum atomic E-state index is 11.0. The van der Waals surface area contributed by atoms with Crippen molar-refractivity contribution in [1.82, 2.24) is 0 Å². The van der Waals surface area contributed by atoms with Crippen LogP contribution in [0.3, 0.4) is 0 Å². The lowest BCUT2D eigenvalue weighted by Gasteiger charge is -2.27.